The van der Waals surface area contributed by atoms with Crippen molar-refractivity contribution in [3.63, 3.8) is 0 Å². The number of para-hydroxylation sites is 1. The summed E-state index contributed by atoms with van der Waals surface area (Å²) in [7, 11) is 0. The maximum atomic E-state index is 12.2. The average Bonchev–Trinajstić information content (AvgIpc) is 3.09. The smallest absolute Gasteiger partial charge is 0.258 e. The minimum atomic E-state index is -0.0229. The number of ether oxygens (including phenoxy) is 2. The van der Waals surface area contributed by atoms with Crippen LogP contribution in [0.15, 0.2) is 18.2 Å². The fourth-order valence-electron chi connectivity index (χ4n) is 3.79. The van der Waals surface area contributed by atoms with E-state index in [1.54, 1.807) is 0 Å². The molecule has 2 aliphatic rings. The molecule has 1 aromatic rings. The highest BCUT2D eigenvalue weighted by atomic mass is 16.5. The van der Waals surface area contributed by atoms with Crippen LogP contribution in [-0.2, 0) is 9.53 Å². The second-order valence-electron chi connectivity index (χ2n) is 7.38. The molecule has 138 valence electrons. The van der Waals surface area contributed by atoms with Gasteiger partial charge in [0.1, 0.15) is 5.75 Å². The van der Waals surface area contributed by atoms with Crippen molar-refractivity contribution in [2.75, 3.05) is 39.5 Å². The number of piperidine rings is 1. The third kappa shape index (κ3) is 5.19. The molecule has 0 bridgehead atoms. The minimum absolute atomic E-state index is 0.0229. The van der Waals surface area contributed by atoms with E-state index in [0.29, 0.717) is 5.92 Å². The lowest BCUT2D eigenvalue weighted by molar-refractivity contribution is -0.124. The monoisotopic (exact) mass is 346 g/mol. The van der Waals surface area contributed by atoms with E-state index < -0.39 is 0 Å². The van der Waals surface area contributed by atoms with Crippen LogP contribution in [0.25, 0.3) is 0 Å². The van der Waals surface area contributed by atoms with Crippen LogP contribution in [0.5, 0.6) is 5.75 Å². The zero-order chi connectivity index (χ0) is 17.6. The predicted molar refractivity (Wildman–Crippen MR) is 97.9 cm³/mol. The van der Waals surface area contributed by atoms with Crippen LogP contribution in [0, 0.1) is 19.8 Å². The maximum absolute atomic E-state index is 12.2. The summed E-state index contributed by atoms with van der Waals surface area (Å²) in [6.07, 6.45) is 3.22. The Morgan fingerprint density at radius 3 is 2.60 bits per heavy atom. The van der Waals surface area contributed by atoms with Gasteiger partial charge in [-0.25, -0.2) is 0 Å². The number of aryl methyl sites for hydroxylation is 2. The number of amides is 1. The first kappa shape index (κ1) is 18.2. The van der Waals surface area contributed by atoms with Gasteiger partial charge in [0.05, 0.1) is 6.61 Å². The van der Waals surface area contributed by atoms with Gasteiger partial charge in [-0.15, -0.1) is 0 Å². The van der Waals surface area contributed by atoms with Crippen LogP contribution in [0.3, 0.4) is 0 Å². The molecular formula is C20H30N2O3. The highest BCUT2D eigenvalue weighted by Crippen LogP contribution is 2.22. The molecule has 1 N–H and O–H groups in total. The van der Waals surface area contributed by atoms with E-state index in [9.17, 15) is 4.79 Å². The van der Waals surface area contributed by atoms with Crippen LogP contribution >= 0.6 is 0 Å². The number of carbonyl (C=O) groups excluding carboxylic acids is 1. The number of nitrogens with zero attached hydrogens (tertiary/aromatic N) is 1. The van der Waals surface area contributed by atoms with Gasteiger partial charge < -0.3 is 19.7 Å². The van der Waals surface area contributed by atoms with Gasteiger partial charge in [-0.3, -0.25) is 4.79 Å². The van der Waals surface area contributed by atoms with Crippen LogP contribution in [0.2, 0.25) is 0 Å². The lowest BCUT2D eigenvalue weighted by Crippen LogP contribution is -2.46. The van der Waals surface area contributed by atoms with E-state index >= 15 is 0 Å². The zero-order valence-corrected chi connectivity index (χ0v) is 15.4. The van der Waals surface area contributed by atoms with Gasteiger partial charge in [-0.2, -0.15) is 0 Å². The van der Waals surface area contributed by atoms with Crippen LogP contribution < -0.4 is 10.1 Å². The molecule has 2 aliphatic heterocycles. The molecule has 0 unspecified atom stereocenters. The summed E-state index contributed by atoms with van der Waals surface area (Å²) < 4.78 is 11.2. The van der Waals surface area contributed by atoms with Gasteiger partial charge in [0.25, 0.3) is 5.91 Å². The number of hydrogen-bond donors (Lipinski definition) is 1. The fourth-order valence-corrected chi connectivity index (χ4v) is 3.79. The second-order valence-corrected chi connectivity index (χ2v) is 7.38. The zero-order valence-electron chi connectivity index (χ0n) is 15.4. The molecule has 2 fully saturated rings. The molecule has 3 rings (SSSR count). The third-order valence-electron chi connectivity index (χ3n) is 5.25. The van der Waals surface area contributed by atoms with Crippen molar-refractivity contribution in [3.8, 4) is 5.75 Å². The molecular weight excluding hydrogens is 316 g/mol. The average molecular weight is 346 g/mol. The van der Waals surface area contributed by atoms with Gasteiger partial charge in [0.2, 0.25) is 0 Å². The minimum Gasteiger partial charge on any atom is -0.483 e. The van der Waals surface area contributed by atoms with Crippen molar-refractivity contribution >= 4 is 5.91 Å². The first-order valence-electron chi connectivity index (χ1n) is 9.40. The van der Waals surface area contributed by atoms with Crippen molar-refractivity contribution < 1.29 is 14.3 Å². The Morgan fingerprint density at radius 2 is 1.96 bits per heavy atom. The van der Waals surface area contributed by atoms with E-state index in [2.05, 4.69) is 10.2 Å². The first-order chi connectivity index (χ1) is 12.1. The Morgan fingerprint density at radius 1 is 1.24 bits per heavy atom. The summed E-state index contributed by atoms with van der Waals surface area (Å²) >= 11 is 0. The van der Waals surface area contributed by atoms with Crippen molar-refractivity contribution in [1.82, 2.24) is 10.2 Å². The predicted octanol–water partition coefficient (Wildman–Crippen LogP) is 2.30. The van der Waals surface area contributed by atoms with Crippen LogP contribution in [0.4, 0.5) is 0 Å². The van der Waals surface area contributed by atoms with Crippen LogP contribution in [0.1, 0.15) is 30.4 Å². The van der Waals surface area contributed by atoms with Crippen molar-refractivity contribution in [2.24, 2.45) is 5.92 Å². The van der Waals surface area contributed by atoms with Gasteiger partial charge in [0.15, 0.2) is 6.61 Å². The van der Waals surface area contributed by atoms with Gasteiger partial charge in [0, 0.05) is 32.3 Å². The molecule has 1 aromatic carbocycles. The molecule has 0 aromatic heterocycles. The van der Waals surface area contributed by atoms with E-state index in [0.717, 1.165) is 62.6 Å². The molecule has 0 spiro atoms. The van der Waals surface area contributed by atoms with Crippen molar-refractivity contribution in [2.45, 2.75) is 39.2 Å². The molecule has 0 saturated carbocycles. The molecule has 1 amide bonds. The largest absolute Gasteiger partial charge is 0.483 e. The Hall–Kier alpha value is -1.59. The summed E-state index contributed by atoms with van der Waals surface area (Å²) in [5.74, 6) is 1.49. The fraction of sp³-hybridized carbons (Fsp3) is 0.650. The standard InChI is InChI=1S/C20H30N2O3/c1-15-4-3-5-16(2)20(15)25-14-19(23)21-18-6-9-22(10-7-18)12-17-8-11-24-13-17/h3-5,17-18H,6-14H2,1-2H3,(H,21,23)/t17-/m0/s1. The molecule has 0 aliphatic carbocycles. The number of hydrogen-bond acceptors (Lipinski definition) is 4. The van der Waals surface area contributed by atoms with E-state index in [1.807, 2.05) is 32.0 Å². The summed E-state index contributed by atoms with van der Waals surface area (Å²) in [5, 5.41) is 3.13. The Balaban J connectivity index is 1.37. The maximum Gasteiger partial charge on any atom is 0.258 e. The number of carbonyl (C=O) groups is 1. The summed E-state index contributed by atoms with van der Waals surface area (Å²) in [6.45, 7) is 9.17. The van der Waals surface area contributed by atoms with Gasteiger partial charge in [-0.05, 0) is 50.2 Å². The quantitative estimate of drug-likeness (QED) is 0.859. The van der Waals surface area contributed by atoms with E-state index in [1.165, 1.54) is 6.42 Å². The summed E-state index contributed by atoms with van der Waals surface area (Å²) in [4.78, 5) is 14.7. The van der Waals surface area contributed by atoms with Crippen molar-refractivity contribution in [1.29, 1.82) is 0 Å². The lowest BCUT2D eigenvalue weighted by Gasteiger charge is -2.33. The Labute approximate surface area is 150 Å². The first-order valence-corrected chi connectivity index (χ1v) is 9.40. The Bertz CT molecular complexity index is 556. The van der Waals surface area contributed by atoms with Gasteiger partial charge in [-0.1, -0.05) is 18.2 Å². The van der Waals surface area contributed by atoms with Crippen LogP contribution in [-0.4, -0.2) is 56.3 Å². The molecule has 1 atom stereocenters. The molecule has 5 nitrogen and oxygen atoms in total. The highest BCUT2D eigenvalue weighted by Gasteiger charge is 2.24. The van der Waals surface area contributed by atoms with Crippen molar-refractivity contribution in [3.05, 3.63) is 29.3 Å². The lowest BCUT2D eigenvalue weighted by atomic mass is 10.0. The SMILES string of the molecule is Cc1cccc(C)c1OCC(=O)NC1CCN(C[C@@H]2CCOC2)CC1. The third-order valence-corrected chi connectivity index (χ3v) is 5.25. The molecule has 2 heterocycles. The molecule has 5 heteroatoms. The molecule has 2 saturated heterocycles. The molecule has 25 heavy (non-hydrogen) atoms. The topological polar surface area (TPSA) is 50.8 Å². The normalized spacial score (nSPS) is 22.1. The summed E-state index contributed by atoms with van der Waals surface area (Å²) in [5.41, 5.74) is 2.13. The number of rotatable bonds is 6. The number of likely N-dealkylation sites (tertiary alicyclic amines) is 1. The Kier molecular flexibility index (Phi) is 6.32. The summed E-state index contributed by atoms with van der Waals surface area (Å²) in [6, 6.07) is 6.28. The number of benzene rings is 1. The second kappa shape index (κ2) is 8.68. The number of nitrogens with one attached hydrogen (secondary N) is 1. The molecule has 0 radical (unpaired) electrons. The van der Waals surface area contributed by atoms with E-state index in [4.69, 9.17) is 9.47 Å². The highest BCUT2D eigenvalue weighted by molar-refractivity contribution is 5.78. The van der Waals surface area contributed by atoms with E-state index in [-0.39, 0.29) is 18.6 Å². The van der Waals surface area contributed by atoms with Gasteiger partial charge >= 0.3 is 0 Å².